The predicted molar refractivity (Wildman–Crippen MR) is 103 cm³/mol. The normalized spacial score (nSPS) is 11.3. The first kappa shape index (κ1) is 17.7. The van der Waals surface area contributed by atoms with Gasteiger partial charge in [-0.15, -0.1) is 0 Å². The molecule has 3 nitrogen and oxygen atoms in total. The number of rotatable bonds is 5. The van der Waals surface area contributed by atoms with E-state index in [0.717, 1.165) is 17.5 Å². The highest BCUT2D eigenvalue weighted by Gasteiger charge is 2.25. The first-order chi connectivity index (χ1) is 12.4. The molecule has 0 atom stereocenters. The minimum absolute atomic E-state index is 0.0731. The van der Waals surface area contributed by atoms with E-state index in [1.165, 1.54) is 17.2 Å². The summed E-state index contributed by atoms with van der Waals surface area (Å²) in [6.07, 6.45) is 0.848. The Hall–Kier alpha value is -3.07. The number of carboxylic acids is 1. The molecule has 0 aliphatic carbocycles. The fourth-order valence-corrected chi connectivity index (χ4v) is 3.16. The van der Waals surface area contributed by atoms with Crippen LogP contribution in [0.3, 0.4) is 0 Å². The number of carbonyl (C=O) groups is 1. The molecule has 0 amide bonds. The van der Waals surface area contributed by atoms with E-state index < -0.39 is 5.97 Å². The van der Waals surface area contributed by atoms with Crippen molar-refractivity contribution in [1.82, 2.24) is 0 Å². The molecule has 3 heteroatoms. The lowest BCUT2D eigenvalue weighted by atomic mass is 9.77. The molecule has 0 aliphatic rings. The van der Waals surface area contributed by atoms with Gasteiger partial charge in [0.05, 0.1) is 0 Å². The number of phenols is 1. The topological polar surface area (TPSA) is 57.5 Å². The van der Waals surface area contributed by atoms with E-state index in [1.807, 2.05) is 24.3 Å². The number of carboxylic acid groups (broad SMARTS) is 1. The summed E-state index contributed by atoms with van der Waals surface area (Å²) in [6.45, 7) is 4.12. The van der Waals surface area contributed by atoms with Crippen molar-refractivity contribution in [2.75, 3.05) is 0 Å². The summed E-state index contributed by atoms with van der Waals surface area (Å²) in [7, 11) is 0. The highest BCUT2D eigenvalue weighted by atomic mass is 16.4. The van der Waals surface area contributed by atoms with Crippen molar-refractivity contribution in [2.24, 2.45) is 0 Å². The quantitative estimate of drug-likeness (QED) is 0.683. The smallest absolute Gasteiger partial charge is 0.339 e. The maximum Gasteiger partial charge on any atom is 0.339 e. The largest absolute Gasteiger partial charge is 0.507 e. The van der Waals surface area contributed by atoms with E-state index >= 15 is 0 Å². The third kappa shape index (κ3) is 3.62. The Morgan fingerprint density at radius 2 is 1.50 bits per heavy atom. The Morgan fingerprint density at radius 3 is 2.19 bits per heavy atom. The average Bonchev–Trinajstić information content (AvgIpc) is 2.63. The molecule has 26 heavy (non-hydrogen) atoms. The molecule has 3 aromatic carbocycles. The number of benzene rings is 3. The molecular formula is C23H22O3. The van der Waals surface area contributed by atoms with Gasteiger partial charge in [-0.1, -0.05) is 74.5 Å². The second kappa shape index (κ2) is 7.04. The summed E-state index contributed by atoms with van der Waals surface area (Å²) in [5.41, 5.74) is 3.96. The molecule has 0 heterocycles. The van der Waals surface area contributed by atoms with Crippen molar-refractivity contribution in [2.45, 2.75) is 25.7 Å². The molecule has 3 aromatic rings. The van der Waals surface area contributed by atoms with Crippen molar-refractivity contribution in [3.05, 3.63) is 101 Å². The summed E-state index contributed by atoms with van der Waals surface area (Å²) in [5, 5.41) is 19.0. The first-order valence-corrected chi connectivity index (χ1v) is 8.58. The minimum atomic E-state index is -1.13. The van der Waals surface area contributed by atoms with Crippen molar-refractivity contribution in [3.63, 3.8) is 0 Å². The van der Waals surface area contributed by atoms with Crippen LogP contribution in [-0.2, 0) is 11.8 Å². The van der Waals surface area contributed by atoms with Crippen molar-refractivity contribution >= 4 is 5.97 Å². The van der Waals surface area contributed by atoms with Crippen LogP contribution in [0.4, 0.5) is 0 Å². The van der Waals surface area contributed by atoms with Gasteiger partial charge in [0.25, 0.3) is 0 Å². The predicted octanol–water partition coefficient (Wildman–Crippen LogP) is 5.01. The van der Waals surface area contributed by atoms with Gasteiger partial charge in [0, 0.05) is 5.41 Å². The summed E-state index contributed by atoms with van der Waals surface area (Å²) in [6, 6.07) is 23.4. The molecule has 3 rings (SSSR count). The molecule has 0 bridgehead atoms. The monoisotopic (exact) mass is 346 g/mol. The lowest BCUT2D eigenvalue weighted by Crippen LogP contribution is -2.20. The minimum Gasteiger partial charge on any atom is -0.507 e. The molecular weight excluding hydrogens is 324 g/mol. The van der Waals surface area contributed by atoms with Crippen molar-refractivity contribution in [3.8, 4) is 5.75 Å². The van der Waals surface area contributed by atoms with Crippen molar-refractivity contribution < 1.29 is 15.0 Å². The zero-order valence-electron chi connectivity index (χ0n) is 14.9. The van der Waals surface area contributed by atoms with Crippen LogP contribution in [-0.4, -0.2) is 16.2 Å². The van der Waals surface area contributed by atoms with E-state index in [1.54, 1.807) is 12.1 Å². The molecule has 2 N–H and O–H groups in total. The van der Waals surface area contributed by atoms with Crippen LogP contribution in [0.15, 0.2) is 72.8 Å². The van der Waals surface area contributed by atoms with Crippen LogP contribution in [0.2, 0.25) is 0 Å². The molecule has 0 aliphatic heterocycles. The van der Waals surface area contributed by atoms with Gasteiger partial charge in [-0.25, -0.2) is 4.79 Å². The Kier molecular flexibility index (Phi) is 4.81. The van der Waals surface area contributed by atoms with E-state index in [2.05, 4.69) is 44.2 Å². The van der Waals surface area contributed by atoms with Gasteiger partial charge in [0.15, 0.2) is 0 Å². The number of aromatic carboxylic acids is 1. The summed E-state index contributed by atoms with van der Waals surface area (Å²) < 4.78 is 0. The molecule has 0 fully saturated rings. The van der Waals surface area contributed by atoms with Crippen LogP contribution in [0, 0.1) is 0 Å². The average molecular weight is 346 g/mol. The lowest BCUT2D eigenvalue weighted by Gasteiger charge is -2.27. The summed E-state index contributed by atoms with van der Waals surface area (Å²) in [4.78, 5) is 11.3. The van der Waals surface area contributed by atoms with Gasteiger partial charge < -0.3 is 10.2 Å². The van der Waals surface area contributed by atoms with Gasteiger partial charge in [-0.05, 0) is 40.8 Å². The van der Waals surface area contributed by atoms with Crippen LogP contribution in [0.25, 0.3) is 0 Å². The Bertz CT molecular complexity index is 927. The molecule has 0 saturated carbocycles. The fourth-order valence-electron chi connectivity index (χ4n) is 3.16. The molecule has 132 valence electrons. The number of aromatic hydroxyl groups is 1. The molecule has 0 radical (unpaired) electrons. The Balaban J connectivity index is 1.96. The van der Waals surface area contributed by atoms with Gasteiger partial charge in [0.2, 0.25) is 0 Å². The summed E-state index contributed by atoms with van der Waals surface area (Å²) >= 11 is 0. The van der Waals surface area contributed by atoms with Crippen LogP contribution in [0.1, 0.15) is 46.5 Å². The standard InChI is InChI=1S/C23H22O3/c1-23(2,19-11-12-21(24)20(15-19)22(25)26)18-10-6-9-17(14-18)13-16-7-4-3-5-8-16/h3-12,14-15,24H,13H2,1-2H3,(H,25,26). The van der Waals surface area contributed by atoms with Crippen LogP contribution in [0.5, 0.6) is 5.75 Å². The molecule has 0 aromatic heterocycles. The molecule has 0 spiro atoms. The lowest BCUT2D eigenvalue weighted by molar-refractivity contribution is 0.0693. The van der Waals surface area contributed by atoms with Crippen LogP contribution < -0.4 is 0 Å². The van der Waals surface area contributed by atoms with E-state index in [9.17, 15) is 15.0 Å². The zero-order chi connectivity index (χ0) is 18.7. The van der Waals surface area contributed by atoms with Gasteiger partial charge in [-0.2, -0.15) is 0 Å². The van der Waals surface area contributed by atoms with Crippen LogP contribution >= 0.6 is 0 Å². The first-order valence-electron chi connectivity index (χ1n) is 8.58. The maximum atomic E-state index is 11.3. The number of hydrogen-bond donors (Lipinski definition) is 2. The third-order valence-electron chi connectivity index (χ3n) is 4.85. The van der Waals surface area contributed by atoms with E-state index in [4.69, 9.17) is 0 Å². The van der Waals surface area contributed by atoms with E-state index in [-0.39, 0.29) is 16.7 Å². The summed E-state index contributed by atoms with van der Waals surface area (Å²) in [5.74, 6) is -1.34. The van der Waals surface area contributed by atoms with Gasteiger partial charge in [-0.3, -0.25) is 0 Å². The molecule has 0 saturated heterocycles. The fraction of sp³-hybridized carbons (Fsp3) is 0.174. The number of hydrogen-bond acceptors (Lipinski definition) is 2. The van der Waals surface area contributed by atoms with Gasteiger partial charge in [0.1, 0.15) is 11.3 Å². The van der Waals surface area contributed by atoms with Gasteiger partial charge >= 0.3 is 5.97 Å². The molecule has 0 unspecified atom stereocenters. The second-order valence-electron chi connectivity index (χ2n) is 7.02. The maximum absolute atomic E-state index is 11.3. The Morgan fingerprint density at radius 1 is 0.846 bits per heavy atom. The Labute approximate surface area is 153 Å². The third-order valence-corrected chi connectivity index (χ3v) is 4.85. The second-order valence-corrected chi connectivity index (χ2v) is 7.02. The highest BCUT2D eigenvalue weighted by Crippen LogP contribution is 2.34. The van der Waals surface area contributed by atoms with E-state index in [0.29, 0.717) is 0 Å². The highest BCUT2D eigenvalue weighted by molar-refractivity contribution is 5.91. The zero-order valence-corrected chi connectivity index (χ0v) is 14.9. The SMILES string of the molecule is CC(C)(c1cccc(Cc2ccccc2)c1)c1ccc(O)c(C(=O)O)c1. The van der Waals surface area contributed by atoms with Crippen molar-refractivity contribution in [1.29, 1.82) is 0 Å².